The molecule has 2 heterocycles. The lowest BCUT2D eigenvalue weighted by atomic mass is 10.0. The first kappa shape index (κ1) is 17.3. The van der Waals surface area contributed by atoms with Crippen LogP contribution in [0.2, 0.25) is 0 Å². The zero-order chi connectivity index (χ0) is 18.0. The second-order valence-electron chi connectivity index (χ2n) is 6.98. The van der Waals surface area contributed by atoms with Crippen molar-refractivity contribution in [3.63, 3.8) is 0 Å². The number of hydrogen-bond donors (Lipinski definition) is 0. The maximum atomic E-state index is 5.23. The van der Waals surface area contributed by atoms with E-state index in [1.165, 1.54) is 15.5 Å². The van der Waals surface area contributed by atoms with Crippen LogP contribution in [0.4, 0.5) is 0 Å². The normalized spacial score (nSPS) is 15.9. The number of hydrogen-bond acceptors (Lipinski definition) is 3. The van der Waals surface area contributed by atoms with Crippen molar-refractivity contribution in [3.8, 4) is 0 Å². The van der Waals surface area contributed by atoms with E-state index in [-0.39, 0.29) is 4.75 Å². The number of benzene rings is 2. The minimum absolute atomic E-state index is 0.177. The molecule has 0 saturated heterocycles. The highest BCUT2D eigenvalue weighted by Gasteiger charge is 2.33. The number of allylic oxidation sites excluding steroid dienone is 1. The Labute approximate surface area is 163 Å². The van der Waals surface area contributed by atoms with E-state index in [1.54, 1.807) is 11.3 Å². The summed E-state index contributed by atoms with van der Waals surface area (Å²) in [5.74, 6) is 0. The number of nitrogens with zero attached hydrogens (tertiary/aromatic N) is 1. The molecule has 0 amide bonds. The second kappa shape index (κ2) is 7.26. The molecule has 4 rings (SSSR count). The molecule has 26 heavy (non-hydrogen) atoms. The molecule has 1 aliphatic rings. The van der Waals surface area contributed by atoms with E-state index in [0.717, 1.165) is 23.3 Å². The Bertz CT molecular complexity index is 895. The largest absolute Gasteiger partial charge is 0.251 e. The van der Waals surface area contributed by atoms with E-state index in [0.29, 0.717) is 0 Å². The van der Waals surface area contributed by atoms with Gasteiger partial charge >= 0.3 is 0 Å². The first-order chi connectivity index (χ1) is 12.6. The van der Waals surface area contributed by atoms with Gasteiger partial charge in [0.05, 0.1) is 11.4 Å². The van der Waals surface area contributed by atoms with Crippen LogP contribution >= 0.6 is 23.1 Å². The van der Waals surface area contributed by atoms with Crippen LogP contribution in [0.3, 0.4) is 0 Å². The maximum absolute atomic E-state index is 5.23. The Morgan fingerprint density at radius 3 is 2.00 bits per heavy atom. The van der Waals surface area contributed by atoms with E-state index >= 15 is 0 Å². The quantitative estimate of drug-likeness (QED) is 0.453. The van der Waals surface area contributed by atoms with Gasteiger partial charge in [0.15, 0.2) is 0 Å². The van der Waals surface area contributed by atoms with Crippen molar-refractivity contribution >= 4 is 33.7 Å². The van der Waals surface area contributed by atoms with Gasteiger partial charge in [-0.05, 0) is 25.3 Å². The van der Waals surface area contributed by atoms with E-state index in [4.69, 9.17) is 4.99 Å². The number of thioether (sulfide) groups is 1. The third-order valence-electron chi connectivity index (χ3n) is 4.32. The van der Waals surface area contributed by atoms with Gasteiger partial charge in [-0.2, -0.15) is 0 Å². The van der Waals surface area contributed by atoms with E-state index in [2.05, 4.69) is 92.0 Å². The van der Waals surface area contributed by atoms with Gasteiger partial charge in [-0.15, -0.1) is 23.1 Å². The van der Waals surface area contributed by atoms with Crippen LogP contribution in [-0.4, -0.2) is 10.5 Å². The fourth-order valence-corrected chi connectivity index (χ4v) is 5.29. The van der Waals surface area contributed by atoms with Gasteiger partial charge in [0, 0.05) is 32.1 Å². The molecule has 2 aromatic carbocycles. The number of aliphatic imine (C=N–C) groups is 1. The molecule has 0 radical (unpaired) electrons. The van der Waals surface area contributed by atoms with Gasteiger partial charge < -0.3 is 0 Å². The van der Waals surface area contributed by atoms with E-state index in [1.807, 2.05) is 11.8 Å². The Morgan fingerprint density at radius 1 is 0.846 bits per heavy atom. The van der Waals surface area contributed by atoms with Crippen molar-refractivity contribution in [2.45, 2.75) is 25.0 Å². The second-order valence-corrected chi connectivity index (χ2v) is 9.65. The molecular formula is C23H21NS2. The Morgan fingerprint density at radius 2 is 1.46 bits per heavy atom. The zero-order valence-corrected chi connectivity index (χ0v) is 16.6. The minimum Gasteiger partial charge on any atom is -0.251 e. The van der Waals surface area contributed by atoms with Gasteiger partial charge in [0.1, 0.15) is 0 Å². The lowest BCUT2D eigenvalue weighted by Crippen LogP contribution is -2.10. The molecule has 1 aromatic heterocycles. The third kappa shape index (κ3) is 3.69. The molecule has 0 unspecified atom stereocenters. The summed E-state index contributed by atoms with van der Waals surface area (Å²) in [5.41, 5.74) is 4.57. The summed E-state index contributed by atoms with van der Waals surface area (Å²) < 4.78 is 0.177. The molecule has 0 fully saturated rings. The Balaban J connectivity index is 1.87. The average Bonchev–Trinajstić information content (AvgIpc) is 3.28. The average molecular weight is 376 g/mol. The van der Waals surface area contributed by atoms with E-state index in [9.17, 15) is 0 Å². The summed E-state index contributed by atoms with van der Waals surface area (Å²) >= 11 is 3.74. The Hall–Kier alpha value is -2.10. The van der Waals surface area contributed by atoms with Crippen molar-refractivity contribution in [3.05, 3.63) is 99.9 Å². The molecule has 0 aliphatic carbocycles. The lowest BCUT2D eigenvalue weighted by Gasteiger charge is -2.15. The van der Waals surface area contributed by atoms with Crippen molar-refractivity contribution in [2.75, 3.05) is 0 Å². The van der Waals surface area contributed by atoms with Gasteiger partial charge in [0.25, 0.3) is 0 Å². The van der Waals surface area contributed by atoms with Crippen LogP contribution in [0.5, 0.6) is 0 Å². The van der Waals surface area contributed by atoms with Crippen molar-refractivity contribution in [2.24, 2.45) is 4.99 Å². The molecule has 3 heteroatoms. The van der Waals surface area contributed by atoms with Gasteiger partial charge in [-0.25, -0.2) is 0 Å². The van der Waals surface area contributed by atoms with Crippen LogP contribution in [-0.2, 0) is 0 Å². The van der Waals surface area contributed by atoms with Gasteiger partial charge in [0.2, 0.25) is 0 Å². The molecule has 3 aromatic rings. The highest BCUT2D eigenvalue weighted by Crippen LogP contribution is 2.52. The topological polar surface area (TPSA) is 12.4 Å². The highest BCUT2D eigenvalue weighted by molar-refractivity contribution is 8.10. The van der Waals surface area contributed by atoms with E-state index < -0.39 is 0 Å². The monoisotopic (exact) mass is 375 g/mol. The molecule has 1 nitrogen and oxygen atoms in total. The number of rotatable bonds is 4. The SMILES string of the molecule is CC1(C)CC(N=C(c2ccccc2)c2ccccc2)=C(c2cccs2)S1. The van der Waals surface area contributed by atoms with Crippen molar-refractivity contribution in [1.82, 2.24) is 0 Å². The first-order valence-electron chi connectivity index (χ1n) is 8.78. The summed E-state index contributed by atoms with van der Waals surface area (Å²) in [5, 5.41) is 2.14. The van der Waals surface area contributed by atoms with Crippen LogP contribution in [0.25, 0.3) is 4.91 Å². The van der Waals surface area contributed by atoms with Gasteiger partial charge in [-0.3, -0.25) is 4.99 Å². The fraction of sp³-hybridized carbons (Fsp3) is 0.174. The standard InChI is InChI=1S/C23H21NS2/c1-23(2)16-19(22(26-23)20-14-9-15-25-20)24-21(17-10-5-3-6-11-17)18-12-7-4-8-13-18/h3-15H,16H2,1-2H3. The van der Waals surface area contributed by atoms with Crippen LogP contribution in [0.15, 0.2) is 88.9 Å². The zero-order valence-electron chi connectivity index (χ0n) is 15.0. The van der Waals surface area contributed by atoms with Crippen molar-refractivity contribution in [1.29, 1.82) is 0 Å². The Kier molecular flexibility index (Phi) is 4.84. The smallest absolute Gasteiger partial charge is 0.0778 e. The molecule has 0 bridgehead atoms. The summed E-state index contributed by atoms with van der Waals surface area (Å²) in [6.07, 6.45) is 0.980. The molecule has 0 spiro atoms. The summed E-state index contributed by atoms with van der Waals surface area (Å²) in [6.45, 7) is 4.61. The van der Waals surface area contributed by atoms with Crippen LogP contribution in [0.1, 0.15) is 36.3 Å². The number of thiophene rings is 1. The highest BCUT2D eigenvalue weighted by atomic mass is 32.2. The first-order valence-corrected chi connectivity index (χ1v) is 10.5. The molecule has 0 N–H and O–H groups in total. The minimum atomic E-state index is 0.177. The summed E-state index contributed by atoms with van der Waals surface area (Å²) in [4.78, 5) is 7.88. The lowest BCUT2D eigenvalue weighted by molar-refractivity contribution is 0.714. The van der Waals surface area contributed by atoms with Gasteiger partial charge in [-0.1, -0.05) is 66.7 Å². The third-order valence-corrected chi connectivity index (χ3v) is 6.69. The predicted molar refractivity (Wildman–Crippen MR) is 116 cm³/mol. The summed E-state index contributed by atoms with van der Waals surface area (Å²) in [7, 11) is 0. The molecule has 0 atom stereocenters. The summed E-state index contributed by atoms with van der Waals surface area (Å²) in [6, 6.07) is 25.3. The van der Waals surface area contributed by atoms with Crippen LogP contribution < -0.4 is 0 Å². The molecule has 1 aliphatic heterocycles. The maximum Gasteiger partial charge on any atom is 0.0778 e. The molecule has 0 saturated carbocycles. The van der Waals surface area contributed by atoms with Crippen molar-refractivity contribution < 1.29 is 0 Å². The molecule has 130 valence electrons. The van der Waals surface area contributed by atoms with Crippen LogP contribution in [0, 0.1) is 0 Å². The fourth-order valence-electron chi connectivity index (χ4n) is 3.17. The predicted octanol–water partition coefficient (Wildman–Crippen LogP) is 6.87. The molecular weight excluding hydrogens is 354 g/mol.